The van der Waals surface area contributed by atoms with Crippen LogP contribution in [0.3, 0.4) is 0 Å². The van der Waals surface area contributed by atoms with Gasteiger partial charge in [0.05, 0.1) is 0 Å². The Morgan fingerprint density at radius 1 is 0.560 bits per heavy atom. The lowest BCUT2D eigenvalue weighted by Crippen LogP contribution is -2.06. The van der Waals surface area contributed by atoms with E-state index < -0.39 is 0 Å². The van der Waals surface area contributed by atoms with Gasteiger partial charge in [0, 0.05) is 12.3 Å². The third kappa shape index (κ3) is 24.1. The summed E-state index contributed by atoms with van der Waals surface area (Å²) in [6.07, 6.45) is 28.4. The molecule has 0 aromatic heterocycles. The fourth-order valence-electron chi connectivity index (χ4n) is 3.01. The van der Waals surface area contributed by atoms with Crippen LogP contribution in [-0.2, 0) is 0 Å². The van der Waals surface area contributed by atoms with E-state index in [1.54, 1.807) is 0 Å². The zero-order valence-corrected chi connectivity index (χ0v) is 18.3. The molecule has 0 fully saturated rings. The molecule has 0 saturated heterocycles. The zero-order valence-electron chi connectivity index (χ0n) is 17.5. The fraction of sp³-hybridized carbons (Fsp3) is 0.913. The monoisotopic (exact) mass is 369 g/mol. The van der Waals surface area contributed by atoms with Crippen LogP contribution in [0.2, 0.25) is 0 Å². The van der Waals surface area contributed by atoms with Crippen molar-refractivity contribution in [2.45, 2.75) is 123 Å². The Morgan fingerprint density at radius 3 is 1.64 bits per heavy atom. The molecule has 0 rings (SSSR count). The number of rotatable bonds is 21. The van der Waals surface area contributed by atoms with Crippen molar-refractivity contribution < 1.29 is 0 Å². The summed E-state index contributed by atoms with van der Waals surface area (Å²) in [7, 11) is 0. The van der Waals surface area contributed by atoms with Gasteiger partial charge in [0.15, 0.2) is 0 Å². The summed E-state index contributed by atoms with van der Waals surface area (Å²) in [5, 5.41) is 0. The first kappa shape index (κ1) is 25.1. The Hall–Kier alpha value is 0.0500. The molecule has 2 heteroatoms. The molecule has 0 aromatic carbocycles. The van der Waals surface area contributed by atoms with Gasteiger partial charge in [-0.15, -0.1) is 0 Å². The van der Waals surface area contributed by atoms with Crippen molar-refractivity contribution in [3.63, 3.8) is 0 Å². The van der Waals surface area contributed by atoms with Gasteiger partial charge in [-0.2, -0.15) is 0 Å². The van der Waals surface area contributed by atoms with Crippen molar-refractivity contribution in [1.29, 1.82) is 0 Å². The average Bonchev–Trinajstić information content (AvgIpc) is 2.63. The summed E-state index contributed by atoms with van der Waals surface area (Å²) < 4.78 is 3.48. The molecule has 0 aliphatic carbocycles. The van der Waals surface area contributed by atoms with E-state index in [0.29, 0.717) is 0 Å². The van der Waals surface area contributed by atoms with Crippen molar-refractivity contribution in [3.8, 4) is 0 Å². The van der Waals surface area contributed by atoms with Gasteiger partial charge in [0.2, 0.25) is 0 Å². The number of hydrogen-bond donors (Lipinski definition) is 1. The lowest BCUT2D eigenvalue weighted by Gasteiger charge is -2.04. The van der Waals surface area contributed by atoms with Crippen LogP contribution in [0.5, 0.6) is 0 Å². The van der Waals surface area contributed by atoms with Crippen LogP contribution in [0.25, 0.3) is 0 Å². The molecule has 0 aliphatic rings. The van der Waals surface area contributed by atoms with Gasteiger partial charge in [-0.3, -0.25) is 4.72 Å². The summed E-state index contributed by atoms with van der Waals surface area (Å²) >= 11 is 1.93. The van der Waals surface area contributed by atoms with Crippen LogP contribution in [0.1, 0.15) is 123 Å². The number of allylic oxidation sites excluding steroid dienone is 2. The highest BCUT2D eigenvalue weighted by Crippen LogP contribution is 2.11. The molecule has 0 unspecified atom stereocenters. The van der Waals surface area contributed by atoms with E-state index in [4.69, 9.17) is 0 Å². The van der Waals surface area contributed by atoms with E-state index in [1.165, 1.54) is 121 Å². The normalized spacial score (nSPS) is 11.6. The summed E-state index contributed by atoms with van der Waals surface area (Å²) in [6, 6.07) is 0. The molecular formula is C23H47NS. The standard InChI is InChI=1S/C23H47NS/c1-3-5-7-8-9-10-11-12-13-14-15-16-17-18-19-21-23-25-24-22-20-6-4-2/h12-13,24H,3-11,14-23H2,1-2H3/b13-12-. The van der Waals surface area contributed by atoms with Crippen molar-refractivity contribution in [2.24, 2.45) is 0 Å². The number of nitrogens with one attached hydrogen (secondary N) is 1. The largest absolute Gasteiger partial charge is 0.264 e. The highest BCUT2D eigenvalue weighted by molar-refractivity contribution is 7.97. The molecular weight excluding hydrogens is 322 g/mol. The fourth-order valence-corrected chi connectivity index (χ4v) is 3.79. The molecule has 0 atom stereocenters. The van der Waals surface area contributed by atoms with E-state index in [9.17, 15) is 0 Å². The Balaban J connectivity index is 3.03. The van der Waals surface area contributed by atoms with Crippen LogP contribution >= 0.6 is 11.9 Å². The second kappa shape index (κ2) is 24.1. The van der Waals surface area contributed by atoms with Crippen LogP contribution in [0.4, 0.5) is 0 Å². The number of hydrogen-bond acceptors (Lipinski definition) is 2. The minimum atomic E-state index is 1.19. The van der Waals surface area contributed by atoms with E-state index in [0.717, 1.165) is 0 Å². The van der Waals surface area contributed by atoms with Gasteiger partial charge >= 0.3 is 0 Å². The second-order valence-corrected chi connectivity index (χ2v) is 8.37. The lowest BCUT2D eigenvalue weighted by atomic mass is 10.1. The molecule has 150 valence electrons. The molecule has 25 heavy (non-hydrogen) atoms. The first-order valence-electron chi connectivity index (χ1n) is 11.4. The maximum absolute atomic E-state index is 3.48. The molecule has 0 bridgehead atoms. The Kier molecular flexibility index (Phi) is 24.1. The van der Waals surface area contributed by atoms with Crippen molar-refractivity contribution in [3.05, 3.63) is 12.2 Å². The predicted octanol–water partition coefficient (Wildman–Crippen LogP) is 8.45. The van der Waals surface area contributed by atoms with Gasteiger partial charge in [0.1, 0.15) is 0 Å². The average molecular weight is 370 g/mol. The predicted molar refractivity (Wildman–Crippen MR) is 119 cm³/mol. The zero-order chi connectivity index (χ0) is 18.3. The van der Waals surface area contributed by atoms with Gasteiger partial charge in [-0.25, -0.2) is 0 Å². The lowest BCUT2D eigenvalue weighted by molar-refractivity contribution is 0.607. The summed E-state index contributed by atoms with van der Waals surface area (Å²) in [5.74, 6) is 1.29. The summed E-state index contributed by atoms with van der Waals surface area (Å²) in [6.45, 7) is 5.74. The van der Waals surface area contributed by atoms with E-state index >= 15 is 0 Å². The third-order valence-corrected chi connectivity index (χ3v) is 5.64. The van der Waals surface area contributed by atoms with E-state index in [2.05, 4.69) is 30.7 Å². The van der Waals surface area contributed by atoms with Crippen LogP contribution in [0.15, 0.2) is 12.2 Å². The minimum absolute atomic E-state index is 1.19. The van der Waals surface area contributed by atoms with E-state index in [-0.39, 0.29) is 0 Å². The highest BCUT2D eigenvalue weighted by Gasteiger charge is 1.93. The smallest absolute Gasteiger partial charge is 0.00786 e. The maximum atomic E-state index is 3.48. The maximum Gasteiger partial charge on any atom is 0.00786 e. The van der Waals surface area contributed by atoms with Crippen molar-refractivity contribution in [2.75, 3.05) is 12.3 Å². The molecule has 1 N–H and O–H groups in total. The molecule has 0 aromatic rings. The van der Waals surface area contributed by atoms with Gasteiger partial charge < -0.3 is 0 Å². The van der Waals surface area contributed by atoms with Crippen molar-refractivity contribution >= 4 is 11.9 Å². The second-order valence-electron chi connectivity index (χ2n) is 7.39. The van der Waals surface area contributed by atoms with Crippen LogP contribution < -0.4 is 4.72 Å². The summed E-state index contributed by atoms with van der Waals surface area (Å²) in [4.78, 5) is 0. The Morgan fingerprint density at radius 2 is 1.04 bits per heavy atom. The SMILES string of the molecule is CCCCCCCC/C=C\CCCCCCCCSNCCCCC. The van der Waals surface area contributed by atoms with Crippen LogP contribution in [0, 0.1) is 0 Å². The third-order valence-electron chi connectivity index (χ3n) is 4.74. The Labute approximate surface area is 164 Å². The van der Waals surface area contributed by atoms with Crippen LogP contribution in [-0.4, -0.2) is 12.3 Å². The topological polar surface area (TPSA) is 12.0 Å². The molecule has 1 nitrogen and oxygen atoms in total. The van der Waals surface area contributed by atoms with Crippen molar-refractivity contribution in [1.82, 2.24) is 4.72 Å². The van der Waals surface area contributed by atoms with Gasteiger partial charge in [0.25, 0.3) is 0 Å². The first-order valence-corrected chi connectivity index (χ1v) is 12.4. The first-order chi connectivity index (χ1) is 12.4. The quantitative estimate of drug-likeness (QED) is 0.124. The molecule has 0 spiro atoms. The minimum Gasteiger partial charge on any atom is -0.264 e. The van der Waals surface area contributed by atoms with Gasteiger partial charge in [-0.1, -0.05) is 109 Å². The summed E-state index contributed by atoms with van der Waals surface area (Å²) in [5.41, 5.74) is 0. The molecule has 0 aliphatic heterocycles. The molecule has 0 saturated carbocycles. The van der Waals surface area contributed by atoms with Gasteiger partial charge in [-0.05, 0) is 38.5 Å². The molecule has 0 amide bonds. The molecule has 0 radical (unpaired) electrons. The number of unbranched alkanes of at least 4 members (excludes halogenated alkanes) is 14. The van der Waals surface area contributed by atoms with E-state index in [1.807, 2.05) is 11.9 Å². The highest BCUT2D eigenvalue weighted by atomic mass is 32.2. The molecule has 0 heterocycles. The Bertz CT molecular complexity index is 252.